The Morgan fingerprint density at radius 2 is 1.87 bits per heavy atom. The van der Waals surface area contributed by atoms with E-state index in [1.165, 1.54) is 6.42 Å². The van der Waals surface area contributed by atoms with E-state index >= 15 is 0 Å². The number of benzene rings is 2. The highest BCUT2D eigenvalue weighted by molar-refractivity contribution is 6.30. The summed E-state index contributed by atoms with van der Waals surface area (Å²) in [7, 11) is 1.66. The number of anilines is 1. The number of Topliss-reactive ketones (excluding diaryl/α,β-unsaturated/α-hetero) is 1. The summed E-state index contributed by atoms with van der Waals surface area (Å²) in [6.07, 6.45) is 4.37. The molecule has 3 aromatic rings. The number of methoxy groups -OCH3 is 1. The van der Waals surface area contributed by atoms with Crippen LogP contribution >= 0.6 is 11.6 Å². The first kappa shape index (κ1) is 23.3. The smallest absolute Gasteiger partial charge is 0.296 e. The van der Waals surface area contributed by atoms with Gasteiger partial charge in [0.05, 0.1) is 13.7 Å². The van der Waals surface area contributed by atoms with E-state index < -0.39 is 0 Å². The molecule has 1 aliphatic heterocycles. The first-order valence-corrected chi connectivity index (χ1v) is 10.7. The fraction of sp³-hybridized carbons (Fsp3) is 0.348. The number of nitrogens with zero attached hydrogens (tertiary/aromatic N) is 3. The van der Waals surface area contributed by atoms with Crippen LogP contribution < -0.4 is 31.6 Å². The third-order valence-corrected chi connectivity index (χ3v) is 5.69. The van der Waals surface area contributed by atoms with Crippen molar-refractivity contribution < 1.29 is 31.1 Å². The predicted octanol–water partition coefficient (Wildman–Crippen LogP) is 1.06. The molecule has 1 aromatic heterocycles. The Morgan fingerprint density at radius 3 is 2.58 bits per heavy atom. The maximum Gasteiger partial charge on any atom is 0.296 e. The lowest BCUT2D eigenvalue weighted by molar-refractivity contribution is -0.710. The second kappa shape index (κ2) is 10.8. The number of aromatic nitrogens is 3. The van der Waals surface area contributed by atoms with Gasteiger partial charge < -0.3 is 27.0 Å². The molecule has 164 valence electrons. The van der Waals surface area contributed by atoms with Crippen molar-refractivity contribution in [3.05, 3.63) is 70.8 Å². The minimum Gasteiger partial charge on any atom is -1.00 e. The molecule has 0 aliphatic carbocycles. The molecule has 0 saturated heterocycles. The quantitative estimate of drug-likeness (QED) is 0.385. The Hall–Kier alpha value is -2.38. The summed E-state index contributed by atoms with van der Waals surface area (Å²) in [5, 5.41) is 8.87. The highest BCUT2D eigenvalue weighted by Gasteiger charge is 2.28. The van der Waals surface area contributed by atoms with E-state index in [1.807, 2.05) is 28.9 Å². The van der Waals surface area contributed by atoms with Gasteiger partial charge in [-0.3, -0.25) is 4.79 Å². The molecular weight excluding hydrogens is 480 g/mol. The number of hydrogen-bond donors (Lipinski definition) is 1. The van der Waals surface area contributed by atoms with E-state index in [1.54, 1.807) is 31.4 Å². The maximum atomic E-state index is 12.8. The lowest BCUT2D eigenvalue weighted by Crippen LogP contribution is -3.00. The average molecular weight is 506 g/mol. The zero-order valence-corrected chi connectivity index (χ0v) is 19.8. The van der Waals surface area contributed by atoms with Gasteiger partial charge in [-0.15, -0.1) is 4.68 Å². The Morgan fingerprint density at radius 1 is 1.13 bits per heavy atom. The molecule has 0 amide bonds. The van der Waals surface area contributed by atoms with Crippen LogP contribution in [0, 0.1) is 0 Å². The van der Waals surface area contributed by atoms with Crippen LogP contribution in [0.4, 0.5) is 5.69 Å². The molecule has 1 N–H and O–H groups in total. The van der Waals surface area contributed by atoms with Crippen molar-refractivity contribution in [1.82, 2.24) is 9.78 Å². The molecule has 0 fully saturated rings. The number of carbonyl (C=O) groups excluding carboxylic acids is 1. The van der Waals surface area contributed by atoms with E-state index in [0.717, 1.165) is 48.9 Å². The number of ether oxygens (including phenoxy) is 1. The minimum atomic E-state index is 0. The lowest BCUT2D eigenvalue weighted by Gasteiger charge is -2.05. The third-order valence-electron chi connectivity index (χ3n) is 5.44. The Bertz CT molecular complexity index is 1020. The van der Waals surface area contributed by atoms with E-state index in [0.29, 0.717) is 17.1 Å². The van der Waals surface area contributed by atoms with Crippen molar-refractivity contribution in [3.8, 4) is 5.75 Å². The van der Waals surface area contributed by atoms with Crippen LogP contribution in [-0.2, 0) is 26.1 Å². The van der Waals surface area contributed by atoms with Gasteiger partial charge in [0, 0.05) is 27.8 Å². The van der Waals surface area contributed by atoms with Gasteiger partial charge in [-0.25, -0.2) is 4.57 Å². The SMILES string of the molecule is COc1ccc(NCc2nn(CC(=O)c3ccc(Cl)cc3)c3[n+]2CCCCC3)cc1.[Br-]. The highest BCUT2D eigenvalue weighted by atomic mass is 79.9. The summed E-state index contributed by atoms with van der Waals surface area (Å²) < 4.78 is 9.38. The third kappa shape index (κ3) is 5.66. The van der Waals surface area contributed by atoms with Crippen molar-refractivity contribution in [2.24, 2.45) is 0 Å². The fourth-order valence-electron chi connectivity index (χ4n) is 3.80. The summed E-state index contributed by atoms with van der Waals surface area (Å²) in [5.74, 6) is 2.94. The first-order valence-electron chi connectivity index (χ1n) is 10.3. The summed E-state index contributed by atoms with van der Waals surface area (Å²) >= 11 is 5.95. The number of hydrogen-bond acceptors (Lipinski definition) is 4. The molecule has 0 radical (unpaired) electrons. The largest absolute Gasteiger partial charge is 1.00 e. The van der Waals surface area contributed by atoms with Crippen LogP contribution in [0.5, 0.6) is 5.75 Å². The van der Waals surface area contributed by atoms with Gasteiger partial charge >= 0.3 is 0 Å². The topological polar surface area (TPSA) is 60.0 Å². The number of ketones is 1. The molecule has 2 aromatic carbocycles. The molecule has 0 saturated carbocycles. The van der Waals surface area contributed by atoms with E-state index in [9.17, 15) is 4.79 Å². The van der Waals surface area contributed by atoms with Crippen molar-refractivity contribution in [1.29, 1.82) is 0 Å². The Kier molecular flexibility index (Phi) is 8.09. The molecule has 0 bridgehead atoms. The maximum absolute atomic E-state index is 12.8. The van der Waals surface area contributed by atoms with Gasteiger partial charge in [-0.2, -0.15) is 0 Å². The van der Waals surface area contributed by atoms with Gasteiger partial charge in [-0.05, 0) is 67.8 Å². The van der Waals surface area contributed by atoms with Crippen molar-refractivity contribution >= 4 is 23.1 Å². The molecule has 8 heteroatoms. The lowest BCUT2D eigenvalue weighted by atomic mass is 10.1. The minimum absolute atomic E-state index is 0. The zero-order valence-electron chi connectivity index (χ0n) is 17.5. The monoisotopic (exact) mass is 504 g/mol. The normalized spacial score (nSPS) is 13.0. The zero-order chi connectivity index (χ0) is 20.9. The fourth-order valence-corrected chi connectivity index (χ4v) is 3.93. The molecule has 6 nitrogen and oxygen atoms in total. The van der Waals surface area contributed by atoms with Gasteiger partial charge in [0.2, 0.25) is 5.82 Å². The van der Waals surface area contributed by atoms with Crippen LogP contribution in [0.25, 0.3) is 0 Å². The molecule has 0 spiro atoms. The average Bonchev–Trinajstić information content (AvgIpc) is 2.93. The Labute approximate surface area is 198 Å². The van der Waals surface area contributed by atoms with Crippen LogP contribution in [0.15, 0.2) is 48.5 Å². The summed E-state index contributed by atoms with van der Waals surface area (Å²) in [4.78, 5) is 12.8. The number of halogens is 2. The number of nitrogens with one attached hydrogen (secondary N) is 1. The molecule has 0 atom stereocenters. The number of carbonyl (C=O) groups is 1. The van der Waals surface area contributed by atoms with E-state index in [2.05, 4.69) is 9.88 Å². The molecule has 4 rings (SSSR count). The van der Waals surface area contributed by atoms with Gasteiger partial charge in [0.1, 0.15) is 12.3 Å². The Balaban J connectivity index is 0.00000272. The van der Waals surface area contributed by atoms with Crippen LogP contribution in [0.1, 0.15) is 41.3 Å². The molecule has 1 aliphatic rings. The molecule has 2 heterocycles. The van der Waals surface area contributed by atoms with E-state index in [-0.39, 0.29) is 29.3 Å². The van der Waals surface area contributed by atoms with Crippen LogP contribution in [-0.4, -0.2) is 22.7 Å². The highest BCUT2D eigenvalue weighted by Crippen LogP contribution is 2.17. The van der Waals surface area contributed by atoms with Crippen LogP contribution in [0.2, 0.25) is 5.02 Å². The molecule has 31 heavy (non-hydrogen) atoms. The predicted molar refractivity (Wildman–Crippen MR) is 116 cm³/mol. The molecular formula is C23H26BrClN4O2. The molecule has 0 unspecified atom stereocenters. The van der Waals surface area contributed by atoms with Crippen molar-refractivity contribution in [3.63, 3.8) is 0 Å². The second-order valence-electron chi connectivity index (χ2n) is 7.46. The summed E-state index contributed by atoms with van der Waals surface area (Å²) in [6, 6.07) is 14.9. The van der Waals surface area contributed by atoms with Gasteiger partial charge in [0.25, 0.3) is 5.82 Å². The summed E-state index contributed by atoms with van der Waals surface area (Å²) in [5.41, 5.74) is 1.66. The van der Waals surface area contributed by atoms with Crippen molar-refractivity contribution in [2.75, 3.05) is 12.4 Å². The van der Waals surface area contributed by atoms with Crippen molar-refractivity contribution in [2.45, 2.75) is 45.3 Å². The van der Waals surface area contributed by atoms with E-state index in [4.69, 9.17) is 21.4 Å². The summed E-state index contributed by atoms with van der Waals surface area (Å²) in [6.45, 7) is 1.77. The van der Waals surface area contributed by atoms with Crippen LogP contribution in [0.3, 0.4) is 0 Å². The van der Waals surface area contributed by atoms with Gasteiger partial charge in [0.15, 0.2) is 12.3 Å². The standard InChI is InChI=1S/C23H26ClN4O2.BrH/c1-30-20-12-10-19(11-13-20)25-15-22-26-28(23-5-3-2-4-14-27(22)23)16-21(29)17-6-8-18(24)9-7-17;/h6-13,25H,2-5,14-16H2,1H3;1H/q+1;/p-1. The number of rotatable bonds is 7. The number of fused-ring (bicyclic) bond motifs is 1. The first-order chi connectivity index (χ1) is 14.6. The second-order valence-corrected chi connectivity index (χ2v) is 7.90. The van der Waals surface area contributed by atoms with Gasteiger partial charge in [-0.1, -0.05) is 11.6 Å².